The van der Waals surface area contributed by atoms with Crippen molar-refractivity contribution in [2.45, 2.75) is 20.3 Å². The van der Waals surface area contributed by atoms with Crippen LogP contribution >= 0.6 is 0 Å². The summed E-state index contributed by atoms with van der Waals surface area (Å²) in [5.74, 6) is -1.83. The molecule has 10 nitrogen and oxygen atoms in total. The van der Waals surface area contributed by atoms with Crippen molar-refractivity contribution in [3.05, 3.63) is 51.7 Å². The highest BCUT2D eigenvalue weighted by Gasteiger charge is 2.25. The molecule has 170 valence electrons. The van der Waals surface area contributed by atoms with E-state index in [9.17, 15) is 23.4 Å². The Morgan fingerprint density at radius 1 is 1.19 bits per heavy atom. The predicted molar refractivity (Wildman–Crippen MR) is 118 cm³/mol. The Morgan fingerprint density at radius 3 is 2.44 bits per heavy atom. The van der Waals surface area contributed by atoms with E-state index in [4.69, 9.17) is 19.4 Å². The van der Waals surface area contributed by atoms with Crippen LogP contribution in [0.2, 0.25) is 0 Å². The molecule has 5 N–H and O–H groups in total. The summed E-state index contributed by atoms with van der Waals surface area (Å²) in [4.78, 5) is 12.9. The van der Waals surface area contributed by atoms with Gasteiger partial charge in [-0.25, -0.2) is 0 Å². The van der Waals surface area contributed by atoms with E-state index in [-0.39, 0.29) is 40.0 Å². The van der Waals surface area contributed by atoms with Crippen LogP contribution in [0.1, 0.15) is 19.4 Å². The topological polar surface area (TPSA) is 170 Å². The molecule has 2 aromatic carbocycles. The standard InChI is InChI=1S/C21H21NO9S/c1-10(2)4-6-12-16(31-32(26,27)28)9-14(23)17-18(24)19(25)20(30-21(12)17)11-5-7-15(29-3)13(22)8-11/h4-5,7-9,23,25H,6,22H2,1-3H3,(H,26,27,28). The number of rotatable bonds is 6. The molecule has 11 heteroatoms. The average molecular weight is 463 g/mol. The summed E-state index contributed by atoms with van der Waals surface area (Å²) in [6, 6.07) is 5.27. The minimum Gasteiger partial charge on any atom is -0.507 e. The molecular formula is C21H21NO9S. The van der Waals surface area contributed by atoms with Gasteiger partial charge in [0.25, 0.3) is 0 Å². The van der Waals surface area contributed by atoms with Gasteiger partial charge in [0, 0.05) is 17.2 Å². The van der Waals surface area contributed by atoms with Crippen molar-refractivity contribution in [2.75, 3.05) is 12.8 Å². The third kappa shape index (κ3) is 4.48. The van der Waals surface area contributed by atoms with Crippen LogP contribution in [-0.4, -0.2) is 30.3 Å². The Kier molecular flexibility index (Phi) is 6.06. The maximum absolute atomic E-state index is 12.9. The fourth-order valence-electron chi connectivity index (χ4n) is 3.13. The van der Waals surface area contributed by atoms with Crippen LogP contribution in [-0.2, 0) is 16.8 Å². The molecule has 0 spiro atoms. The van der Waals surface area contributed by atoms with Gasteiger partial charge < -0.3 is 29.3 Å². The molecule has 1 heterocycles. The molecule has 32 heavy (non-hydrogen) atoms. The Morgan fingerprint density at radius 2 is 1.88 bits per heavy atom. The number of methoxy groups -OCH3 is 1. The van der Waals surface area contributed by atoms with Crippen LogP contribution in [0.3, 0.4) is 0 Å². The number of allylic oxidation sites excluding steroid dienone is 2. The SMILES string of the molecule is COc1ccc(-c2oc3c(CC=C(C)C)c(OS(=O)(=O)O)cc(O)c3c(=O)c2O)cc1N. The van der Waals surface area contributed by atoms with E-state index in [0.717, 1.165) is 11.6 Å². The number of nitrogen functional groups attached to an aromatic ring is 1. The second kappa shape index (κ2) is 8.44. The fourth-order valence-corrected chi connectivity index (χ4v) is 3.50. The molecule has 0 atom stereocenters. The summed E-state index contributed by atoms with van der Waals surface area (Å²) in [6.07, 6.45) is 1.72. The number of anilines is 1. The van der Waals surface area contributed by atoms with Crippen molar-refractivity contribution in [1.29, 1.82) is 0 Å². The first kappa shape index (κ1) is 23.0. The zero-order valence-corrected chi connectivity index (χ0v) is 18.2. The van der Waals surface area contributed by atoms with Crippen LogP contribution in [0, 0.1) is 0 Å². The number of fused-ring (bicyclic) bond motifs is 1. The molecule has 0 aliphatic rings. The number of hydrogen-bond donors (Lipinski definition) is 4. The van der Waals surface area contributed by atoms with Gasteiger partial charge in [0.2, 0.25) is 11.2 Å². The van der Waals surface area contributed by atoms with Crippen LogP contribution in [0.15, 0.2) is 45.1 Å². The first-order valence-corrected chi connectivity index (χ1v) is 10.6. The number of phenolic OH excluding ortho intramolecular Hbond substituents is 1. The quantitative estimate of drug-likeness (QED) is 0.242. The van der Waals surface area contributed by atoms with Crippen molar-refractivity contribution < 1.29 is 36.5 Å². The van der Waals surface area contributed by atoms with Gasteiger partial charge in [-0.15, -0.1) is 0 Å². The molecule has 0 fully saturated rings. The number of ether oxygens (including phenoxy) is 1. The van der Waals surface area contributed by atoms with Crippen LogP contribution < -0.4 is 20.1 Å². The number of hydrogen-bond acceptors (Lipinski definition) is 9. The predicted octanol–water partition coefficient (Wildman–Crippen LogP) is 3.15. The van der Waals surface area contributed by atoms with Crippen molar-refractivity contribution in [3.8, 4) is 34.3 Å². The molecule has 0 unspecified atom stereocenters. The molecule has 0 radical (unpaired) electrons. The van der Waals surface area contributed by atoms with Gasteiger partial charge in [0.05, 0.1) is 12.8 Å². The maximum Gasteiger partial charge on any atom is 0.446 e. The number of benzene rings is 2. The third-order valence-corrected chi connectivity index (χ3v) is 4.98. The summed E-state index contributed by atoms with van der Waals surface area (Å²) >= 11 is 0. The third-order valence-electron chi connectivity index (χ3n) is 4.59. The van der Waals surface area contributed by atoms with E-state index in [2.05, 4.69) is 4.18 Å². The highest BCUT2D eigenvalue weighted by molar-refractivity contribution is 7.81. The summed E-state index contributed by atoms with van der Waals surface area (Å²) in [5, 5.41) is 20.5. The minimum absolute atomic E-state index is 0.0296. The van der Waals surface area contributed by atoms with E-state index in [1.807, 2.05) is 0 Å². The van der Waals surface area contributed by atoms with Gasteiger partial charge in [-0.1, -0.05) is 11.6 Å². The summed E-state index contributed by atoms with van der Waals surface area (Å²) < 4.78 is 47.3. The second-order valence-corrected chi connectivity index (χ2v) is 8.16. The number of nitrogens with two attached hydrogens (primary N) is 1. The minimum atomic E-state index is -4.95. The van der Waals surface area contributed by atoms with E-state index in [0.29, 0.717) is 5.75 Å². The summed E-state index contributed by atoms with van der Waals surface area (Å²) in [6.45, 7) is 3.58. The van der Waals surface area contributed by atoms with Gasteiger partial charge in [-0.3, -0.25) is 9.35 Å². The van der Waals surface area contributed by atoms with Gasteiger partial charge in [-0.2, -0.15) is 8.42 Å². The lowest BCUT2D eigenvalue weighted by Gasteiger charge is -2.14. The zero-order valence-electron chi connectivity index (χ0n) is 17.4. The largest absolute Gasteiger partial charge is 0.507 e. The Hall–Kier alpha value is -3.70. The lowest BCUT2D eigenvalue weighted by atomic mass is 10.0. The first-order chi connectivity index (χ1) is 14.9. The number of phenols is 1. The van der Waals surface area contributed by atoms with E-state index >= 15 is 0 Å². The van der Waals surface area contributed by atoms with Crippen molar-refractivity contribution in [2.24, 2.45) is 0 Å². The molecule has 0 saturated heterocycles. The first-order valence-electron chi connectivity index (χ1n) is 9.21. The Labute approximate surface area is 183 Å². The summed E-state index contributed by atoms with van der Waals surface area (Å²) in [7, 11) is -3.52. The van der Waals surface area contributed by atoms with E-state index < -0.39 is 33.1 Å². The van der Waals surface area contributed by atoms with Crippen LogP contribution in [0.5, 0.6) is 23.0 Å². The average Bonchev–Trinajstić information content (AvgIpc) is 2.68. The van der Waals surface area contributed by atoms with Crippen molar-refractivity contribution in [3.63, 3.8) is 0 Å². The van der Waals surface area contributed by atoms with E-state index in [1.54, 1.807) is 19.9 Å². The van der Waals surface area contributed by atoms with E-state index in [1.165, 1.54) is 25.3 Å². The highest BCUT2D eigenvalue weighted by Crippen LogP contribution is 2.40. The molecule has 3 aromatic rings. The second-order valence-electron chi connectivity index (χ2n) is 7.14. The number of aromatic hydroxyl groups is 2. The van der Waals surface area contributed by atoms with Gasteiger partial charge in [-0.05, 0) is 38.5 Å². The molecule has 0 bridgehead atoms. The lowest BCUT2D eigenvalue weighted by molar-refractivity contribution is 0.383. The fraction of sp³-hybridized carbons (Fsp3) is 0.190. The van der Waals surface area contributed by atoms with Crippen molar-refractivity contribution in [1.82, 2.24) is 0 Å². The van der Waals surface area contributed by atoms with Gasteiger partial charge >= 0.3 is 10.4 Å². The normalized spacial score (nSPS) is 11.4. The maximum atomic E-state index is 12.9. The molecule has 0 amide bonds. The Bertz CT molecular complexity index is 1400. The zero-order chi connectivity index (χ0) is 23.8. The highest BCUT2D eigenvalue weighted by atomic mass is 32.3. The molecule has 3 rings (SSSR count). The Balaban J connectivity index is 2.41. The lowest BCUT2D eigenvalue weighted by Crippen LogP contribution is -2.10. The van der Waals surface area contributed by atoms with Crippen LogP contribution in [0.25, 0.3) is 22.3 Å². The molecular weight excluding hydrogens is 442 g/mol. The smallest absolute Gasteiger partial charge is 0.446 e. The van der Waals surface area contributed by atoms with Crippen molar-refractivity contribution >= 4 is 27.1 Å². The molecule has 1 aromatic heterocycles. The summed E-state index contributed by atoms with van der Waals surface area (Å²) in [5.41, 5.74) is 6.08. The monoisotopic (exact) mass is 463 g/mol. The molecule has 0 aliphatic heterocycles. The van der Waals surface area contributed by atoms with Gasteiger partial charge in [0.15, 0.2) is 11.5 Å². The molecule has 0 aliphatic carbocycles. The van der Waals surface area contributed by atoms with Crippen LogP contribution in [0.4, 0.5) is 5.69 Å². The van der Waals surface area contributed by atoms with Gasteiger partial charge in [0.1, 0.15) is 22.5 Å². The molecule has 0 saturated carbocycles.